The summed E-state index contributed by atoms with van der Waals surface area (Å²) in [7, 11) is 0. The van der Waals surface area contributed by atoms with Gasteiger partial charge < -0.3 is 10.2 Å². The molecule has 118 valence electrons. The summed E-state index contributed by atoms with van der Waals surface area (Å²) in [6, 6.07) is 0. The third-order valence-electron chi connectivity index (χ3n) is 5.56. The lowest BCUT2D eigenvalue weighted by Gasteiger charge is -2.29. The van der Waals surface area contributed by atoms with Gasteiger partial charge in [0.15, 0.2) is 0 Å². The lowest BCUT2D eigenvalue weighted by Crippen LogP contribution is -2.34. The lowest BCUT2D eigenvalue weighted by molar-refractivity contribution is 0.208. The quantitative estimate of drug-likeness (QED) is 0.768. The minimum Gasteiger partial charge on any atom is -0.315 e. The molecule has 2 aliphatic rings. The topological polar surface area (TPSA) is 15.3 Å². The average Bonchev–Trinajstić information content (AvgIpc) is 2.77. The molecule has 1 atom stereocenters. The molecular weight excluding hydrogens is 244 g/mol. The van der Waals surface area contributed by atoms with E-state index < -0.39 is 0 Å². The van der Waals surface area contributed by atoms with Gasteiger partial charge in [0, 0.05) is 13.1 Å². The van der Waals surface area contributed by atoms with Crippen LogP contribution in [-0.4, -0.2) is 37.6 Å². The van der Waals surface area contributed by atoms with Gasteiger partial charge in [-0.2, -0.15) is 0 Å². The second-order valence-electron chi connectivity index (χ2n) is 8.19. The molecule has 0 aromatic carbocycles. The molecule has 2 rings (SSSR count). The van der Waals surface area contributed by atoms with Gasteiger partial charge >= 0.3 is 0 Å². The summed E-state index contributed by atoms with van der Waals surface area (Å²) in [5.41, 5.74) is 0.497. The SMILES string of the molecule is CC(C)(C)C1CCCN(CCNCC2CCCC2)CC1. The number of hydrogen-bond acceptors (Lipinski definition) is 2. The summed E-state index contributed by atoms with van der Waals surface area (Å²) in [6.45, 7) is 13.6. The van der Waals surface area contributed by atoms with Crippen molar-refractivity contribution in [2.45, 2.75) is 65.7 Å². The molecule has 0 aromatic heterocycles. The van der Waals surface area contributed by atoms with Crippen LogP contribution in [0.1, 0.15) is 65.7 Å². The van der Waals surface area contributed by atoms with Crippen LogP contribution in [0.3, 0.4) is 0 Å². The van der Waals surface area contributed by atoms with Gasteiger partial charge in [-0.15, -0.1) is 0 Å². The van der Waals surface area contributed by atoms with Crippen molar-refractivity contribution in [2.75, 3.05) is 32.7 Å². The van der Waals surface area contributed by atoms with E-state index in [0.717, 1.165) is 11.8 Å². The number of likely N-dealkylation sites (tertiary alicyclic amines) is 1. The first-order chi connectivity index (χ1) is 9.55. The predicted molar refractivity (Wildman–Crippen MR) is 88.1 cm³/mol. The second kappa shape index (κ2) is 7.79. The normalized spacial score (nSPS) is 26.9. The van der Waals surface area contributed by atoms with Gasteiger partial charge in [-0.25, -0.2) is 0 Å². The van der Waals surface area contributed by atoms with Crippen LogP contribution in [-0.2, 0) is 0 Å². The lowest BCUT2D eigenvalue weighted by atomic mass is 9.77. The van der Waals surface area contributed by atoms with Crippen molar-refractivity contribution in [3.8, 4) is 0 Å². The minimum atomic E-state index is 0.497. The van der Waals surface area contributed by atoms with Gasteiger partial charge in [-0.1, -0.05) is 33.6 Å². The van der Waals surface area contributed by atoms with E-state index in [0.29, 0.717) is 5.41 Å². The van der Waals surface area contributed by atoms with Crippen molar-refractivity contribution < 1.29 is 0 Å². The predicted octanol–water partition coefficient (Wildman–Crippen LogP) is 3.91. The molecule has 1 heterocycles. The maximum absolute atomic E-state index is 3.69. The van der Waals surface area contributed by atoms with Crippen LogP contribution < -0.4 is 5.32 Å². The summed E-state index contributed by atoms with van der Waals surface area (Å²) in [6.07, 6.45) is 10.1. The maximum atomic E-state index is 3.69. The van der Waals surface area contributed by atoms with Crippen LogP contribution in [0.5, 0.6) is 0 Å². The van der Waals surface area contributed by atoms with Gasteiger partial charge in [0.1, 0.15) is 0 Å². The van der Waals surface area contributed by atoms with E-state index in [1.54, 1.807) is 0 Å². The average molecular weight is 280 g/mol. The molecule has 0 bridgehead atoms. The summed E-state index contributed by atoms with van der Waals surface area (Å²) >= 11 is 0. The summed E-state index contributed by atoms with van der Waals surface area (Å²) in [4.78, 5) is 2.69. The van der Waals surface area contributed by atoms with E-state index >= 15 is 0 Å². The first kappa shape index (κ1) is 16.3. The molecule has 2 nitrogen and oxygen atoms in total. The third kappa shape index (κ3) is 5.37. The molecule has 0 spiro atoms. The Morgan fingerprint density at radius 1 is 0.950 bits per heavy atom. The van der Waals surface area contributed by atoms with E-state index in [1.165, 1.54) is 77.7 Å². The largest absolute Gasteiger partial charge is 0.315 e. The molecule has 1 saturated carbocycles. The summed E-state index contributed by atoms with van der Waals surface area (Å²) < 4.78 is 0. The number of nitrogens with zero attached hydrogens (tertiary/aromatic N) is 1. The Bertz CT molecular complexity index is 263. The Kier molecular flexibility index (Phi) is 6.35. The molecule has 1 aliphatic heterocycles. The summed E-state index contributed by atoms with van der Waals surface area (Å²) in [5.74, 6) is 1.89. The first-order valence-electron chi connectivity index (χ1n) is 8.99. The van der Waals surface area contributed by atoms with Crippen LogP contribution in [0.15, 0.2) is 0 Å². The Morgan fingerprint density at radius 3 is 2.40 bits per heavy atom. The van der Waals surface area contributed by atoms with Crippen LogP contribution in [0.4, 0.5) is 0 Å². The van der Waals surface area contributed by atoms with Gasteiger partial charge in [0.25, 0.3) is 0 Å². The Hall–Kier alpha value is -0.0800. The molecule has 0 amide bonds. The Balaban J connectivity index is 1.59. The Labute approximate surface area is 126 Å². The van der Waals surface area contributed by atoms with Crippen molar-refractivity contribution in [3.63, 3.8) is 0 Å². The standard InChI is InChI=1S/C18H36N2/c1-18(2,3)17-9-6-12-20(13-10-17)14-11-19-15-16-7-4-5-8-16/h16-17,19H,4-15H2,1-3H3. The van der Waals surface area contributed by atoms with E-state index in [2.05, 4.69) is 31.0 Å². The molecule has 0 radical (unpaired) electrons. The van der Waals surface area contributed by atoms with E-state index in [1.807, 2.05) is 0 Å². The number of rotatable bonds is 5. The first-order valence-corrected chi connectivity index (χ1v) is 8.99. The molecule has 2 fully saturated rings. The van der Waals surface area contributed by atoms with Crippen LogP contribution in [0.25, 0.3) is 0 Å². The molecule has 1 aliphatic carbocycles. The number of nitrogens with one attached hydrogen (secondary N) is 1. The highest BCUT2D eigenvalue weighted by atomic mass is 15.1. The molecule has 1 unspecified atom stereocenters. The van der Waals surface area contributed by atoms with Crippen molar-refractivity contribution in [1.82, 2.24) is 10.2 Å². The fourth-order valence-electron chi connectivity index (χ4n) is 4.00. The Morgan fingerprint density at radius 2 is 1.70 bits per heavy atom. The zero-order valence-corrected chi connectivity index (χ0v) is 14.1. The highest BCUT2D eigenvalue weighted by Gasteiger charge is 2.26. The van der Waals surface area contributed by atoms with Crippen LogP contribution in [0.2, 0.25) is 0 Å². The van der Waals surface area contributed by atoms with Crippen molar-refractivity contribution in [3.05, 3.63) is 0 Å². The molecule has 2 heteroatoms. The molecule has 20 heavy (non-hydrogen) atoms. The fourth-order valence-corrected chi connectivity index (χ4v) is 4.00. The monoisotopic (exact) mass is 280 g/mol. The van der Waals surface area contributed by atoms with Gasteiger partial charge in [-0.05, 0) is 69.0 Å². The fraction of sp³-hybridized carbons (Fsp3) is 1.00. The zero-order valence-electron chi connectivity index (χ0n) is 14.1. The smallest absolute Gasteiger partial charge is 0.0107 e. The minimum absolute atomic E-state index is 0.497. The number of hydrogen-bond donors (Lipinski definition) is 1. The van der Waals surface area contributed by atoms with Gasteiger partial charge in [0.05, 0.1) is 0 Å². The molecule has 1 saturated heterocycles. The molecule has 1 N–H and O–H groups in total. The third-order valence-corrected chi connectivity index (χ3v) is 5.56. The van der Waals surface area contributed by atoms with Crippen molar-refractivity contribution in [2.24, 2.45) is 17.3 Å². The highest BCUT2D eigenvalue weighted by Crippen LogP contribution is 2.34. The van der Waals surface area contributed by atoms with Crippen molar-refractivity contribution in [1.29, 1.82) is 0 Å². The summed E-state index contributed by atoms with van der Waals surface area (Å²) in [5, 5.41) is 3.69. The second-order valence-corrected chi connectivity index (χ2v) is 8.19. The van der Waals surface area contributed by atoms with E-state index in [-0.39, 0.29) is 0 Å². The van der Waals surface area contributed by atoms with E-state index in [4.69, 9.17) is 0 Å². The van der Waals surface area contributed by atoms with Gasteiger partial charge in [0.2, 0.25) is 0 Å². The van der Waals surface area contributed by atoms with Crippen molar-refractivity contribution >= 4 is 0 Å². The molecule has 0 aromatic rings. The molecular formula is C18H36N2. The van der Waals surface area contributed by atoms with Crippen LogP contribution >= 0.6 is 0 Å². The van der Waals surface area contributed by atoms with Crippen LogP contribution in [0, 0.1) is 17.3 Å². The zero-order chi connectivity index (χ0) is 14.4. The van der Waals surface area contributed by atoms with Gasteiger partial charge in [-0.3, -0.25) is 0 Å². The van der Waals surface area contributed by atoms with E-state index in [9.17, 15) is 0 Å². The highest BCUT2D eigenvalue weighted by molar-refractivity contribution is 4.79. The maximum Gasteiger partial charge on any atom is 0.0107 e.